The molecule has 0 atom stereocenters. The molecule has 0 bridgehead atoms. The minimum Gasteiger partial charge on any atom is -0.490 e. The molecule has 10 heteroatoms. The summed E-state index contributed by atoms with van der Waals surface area (Å²) < 4.78 is 27.0. The van der Waals surface area contributed by atoms with E-state index in [9.17, 15) is 9.18 Å². The summed E-state index contributed by atoms with van der Waals surface area (Å²) in [5.41, 5.74) is 1.66. The number of nitrogens with zero attached hydrogens (tertiary/aromatic N) is 1. The number of rotatable bonds is 7. The first-order valence-corrected chi connectivity index (χ1v) is 13.1. The predicted molar refractivity (Wildman–Crippen MR) is 148 cm³/mol. The normalized spacial score (nSPS) is 14.7. The number of hydrogen-bond acceptors (Lipinski definition) is 5. The SMILES string of the molecule is CCOc1cc(/C=C2\SC(=S)N(c3ccccc3F)C2=O)cc(Br)c1OCc1ccc(Cl)c(Cl)c1. The van der Waals surface area contributed by atoms with E-state index in [1.807, 2.05) is 19.1 Å². The highest BCUT2D eigenvalue weighted by Gasteiger charge is 2.34. The second kappa shape index (κ2) is 11.3. The number of para-hydroxylation sites is 1. The molecule has 180 valence electrons. The number of thiocarbonyl (C=S) groups is 1. The summed E-state index contributed by atoms with van der Waals surface area (Å²) in [5, 5.41) is 0.913. The van der Waals surface area contributed by atoms with Crippen molar-refractivity contribution in [3.63, 3.8) is 0 Å². The first-order valence-electron chi connectivity index (χ1n) is 10.3. The van der Waals surface area contributed by atoms with Crippen molar-refractivity contribution in [1.82, 2.24) is 0 Å². The van der Waals surface area contributed by atoms with Gasteiger partial charge in [-0.05, 0) is 76.5 Å². The van der Waals surface area contributed by atoms with Crippen LogP contribution in [0, 0.1) is 5.82 Å². The first kappa shape index (κ1) is 26.0. The molecule has 3 aromatic rings. The Kier molecular flexibility index (Phi) is 8.39. The van der Waals surface area contributed by atoms with E-state index in [-0.39, 0.29) is 22.5 Å². The van der Waals surface area contributed by atoms with Gasteiger partial charge in [0.2, 0.25) is 0 Å². The number of amides is 1. The smallest absolute Gasteiger partial charge is 0.270 e. The topological polar surface area (TPSA) is 38.8 Å². The maximum Gasteiger partial charge on any atom is 0.270 e. The quantitative estimate of drug-likeness (QED) is 0.198. The van der Waals surface area contributed by atoms with Crippen LogP contribution in [0.4, 0.5) is 10.1 Å². The maximum atomic E-state index is 14.3. The fraction of sp³-hybridized carbons (Fsp3) is 0.120. The molecule has 0 aromatic heterocycles. The van der Waals surface area contributed by atoms with Crippen LogP contribution in [-0.2, 0) is 11.4 Å². The molecule has 0 radical (unpaired) electrons. The molecule has 1 fully saturated rings. The Morgan fingerprint density at radius 2 is 1.89 bits per heavy atom. The molecule has 35 heavy (non-hydrogen) atoms. The molecule has 1 aliphatic rings. The third-order valence-corrected chi connectivity index (χ3v) is 7.51. The maximum absolute atomic E-state index is 14.3. The van der Waals surface area contributed by atoms with Crippen molar-refractivity contribution >= 4 is 85.1 Å². The molecule has 0 unspecified atom stereocenters. The Labute approximate surface area is 230 Å². The number of carbonyl (C=O) groups is 1. The summed E-state index contributed by atoms with van der Waals surface area (Å²) in [4.78, 5) is 14.6. The van der Waals surface area contributed by atoms with Gasteiger partial charge in [0.05, 0.1) is 31.7 Å². The van der Waals surface area contributed by atoms with Crippen LogP contribution in [-0.4, -0.2) is 16.8 Å². The predicted octanol–water partition coefficient (Wildman–Crippen LogP) is 8.28. The molecular weight excluding hydrogens is 596 g/mol. The van der Waals surface area contributed by atoms with Crippen LogP contribution in [0.1, 0.15) is 18.1 Å². The highest BCUT2D eigenvalue weighted by atomic mass is 79.9. The van der Waals surface area contributed by atoms with Gasteiger partial charge in [-0.15, -0.1) is 0 Å². The van der Waals surface area contributed by atoms with E-state index < -0.39 is 5.82 Å². The van der Waals surface area contributed by atoms with Gasteiger partial charge in [-0.3, -0.25) is 9.69 Å². The third-order valence-electron chi connectivity index (χ3n) is 4.88. The van der Waals surface area contributed by atoms with Gasteiger partial charge in [0, 0.05) is 0 Å². The van der Waals surface area contributed by atoms with E-state index in [0.717, 1.165) is 17.3 Å². The van der Waals surface area contributed by atoms with Gasteiger partial charge in [-0.1, -0.05) is 65.4 Å². The summed E-state index contributed by atoms with van der Waals surface area (Å²) in [7, 11) is 0. The van der Waals surface area contributed by atoms with Crippen molar-refractivity contribution < 1.29 is 18.7 Å². The molecule has 1 amide bonds. The molecule has 4 rings (SSSR count). The van der Waals surface area contributed by atoms with Gasteiger partial charge < -0.3 is 9.47 Å². The lowest BCUT2D eigenvalue weighted by atomic mass is 10.1. The number of benzene rings is 3. The lowest BCUT2D eigenvalue weighted by Crippen LogP contribution is -2.28. The van der Waals surface area contributed by atoms with Crippen LogP contribution in [0.25, 0.3) is 6.08 Å². The molecule has 1 heterocycles. The van der Waals surface area contributed by atoms with Crippen LogP contribution in [0.3, 0.4) is 0 Å². The fourth-order valence-corrected chi connectivity index (χ4v) is 5.50. The van der Waals surface area contributed by atoms with Crippen molar-refractivity contribution in [2.45, 2.75) is 13.5 Å². The van der Waals surface area contributed by atoms with Crippen molar-refractivity contribution in [3.8, 4) is 11.5 Å². The standard InChI is InChI=1S/C25H17BrCl2FNO3S2/c1-2-32-21-11-15(9-16(26)23(21)33-13-14-7-8-17(27)18(28)10-14)12-22-24(31)30(25(34)35-22)20-6-4-3-5-19(20)29/h3-12H,2,13H2,1H3/b22-12-. The zero-order valence-corrected chi connectivity index (χ0v) is 22.9. The van der Waals surface area contributed by atoms with E-state index in [2.05, 4.69) is 15.9 Å². The van der Waals surface area contributed by atoms with Gasteiger partial charge in [0.15, 0.2) is 15.8 Å². The van der Waals surface area contributed by atoms with Gasteiger partial charge in [0.1, 0.15) is 12.4 Å². The minimum atomic E-state index is -0.519. The minimum absolute atomic E-state index is 0.126. The van der Waals surface area contributed by atoms with Crippen LogP contribution in [0.15, 0.2) is 64.0 Å². The van der Waals surface area contributed by atoms with Gasteiger partial charge in [-0.2, -0.15) is 0 Å². The zero-order valence-electron chi connectivity index (χ0n) is 18.2. The zero-order chi connectivity index (χ0) is 25.1. The van der Waals surface area contributed by atoms with Crippen molar-refractivity contribution in [2.24, 2.45) is 0 Å². The van der Waals surface area contributed by atoms with Gasteiger partial charge >= 0.3 is 0 Å². The van der Waals surface area contributed by atoms with Crippen LogP contribution in [0.5, 0.6) is 11.5 Å². The van der Waals surface area contributed by atoms with E-state index in [1.54, 1.807) is 36.4 Å². The second-order valence-corrected chi connectivity index (χ2v) is 10.6. The molecule has 0 aliphatic carbocycles. The van der Waals surface area contributed by atoms with E-state index >= 15 is 0 Å². The highest BCUT2D eigenvalue weighted by molar-refractivity contribution is 9.10. The van der Waals surface area contributed by atoms with E-state index in [0.29, 0.717) is 43.1 Å². The molecule has 0 spiro atoms. The summed E-state index contributed by atoms with van der Waals surface area (Å²) >= 11 is 22.1. The molecule has 0 N–H and O–H groups in total. The number of carbonyl (C=O) groups excluding carboxylic acids is 1. The summed E-state index contributed by atoms with van der Waals surface area (Å²) in [6.07, 6.45) is 1.69. The Balaban J connectivity index is 1.61. The summed E-state index contributed by atoms with van der Waals surface area (Å²) in [6, 6.07) is 14.9. The number of thioether (sulfide) groups is 1. The van der Waals surface area contributed by atoms with Crippen molar-refractivity contribution in [3.05, 3.63) is 91.0 Å². The highest BCUT2D eigenvalue weighted by Crippen LogP contribution is 2.41. The molecule has 1 aliphatic heterocycles. The van der Waals surface area contributed by atoms with Crippen molar-refractivity contribution in [2.75, 3.05) is 11.5 Å². The number of hydrogen-bond donors (Lipinski definition) is 0. The molecular formula is C25H17BrCl2FNO3S2. The van der Waals surface area contributed by atoms with Crippen LogP contribution >= 0.6 is 63.1 Å². The van der Waals surface area contributed by atoms with Crippen LogP contribution in [0.2, 0.25) is 10.0 Å². The fourth-order valence-electron chi connectivity index (χ4n) is 3.32. The average Bonchev–Trinajstić information content (AvgIpc) is 3.08. The monoisotopic (exact) mass is 611 g/mol. The lowest BCUT2D eigenvalue weighted by molar-refractivity contribution is -0.113. The summed E-state index contributed by atoms with van der Waals surface area (Å²) in [6.45, 7) is 2.52. The molecule has 4 nitrogen and oxygen atoms in total. The Bertz CT molecular complexity index is 1350. The number of anilines is 1. The Hall–Kier alpha value is -2.10. The second-order valence-electron chi connectivity index (χ2n) is 7.27. The lowest BCUT2D eigenvalue weighted by Gasteiger charge is -2.15. The van der Waals surface area contributed by atoms with E-state index in [1.165, 1.54) is 17.0 Å². The Morgan fingerprint density at radius 3 is 2.60 bits per heavy atom. The molecule has 3 aromatic carbocycles. The van der Waals surface area contributed by atoms with E-state index in [4.69, 9.17) is 44.9 Å². The Morgan fingerprint density at radius 1 is 1.11 bits per heavy atom. The largest absolute Gasteiger partial charge is 0.490 e. The number of ether oxygens (including phenoxy) is 2. The van der Waals surface area contributed by atoms with Crippen LogP contribution < -0.4 is 14.4 Å². The van der Waals surface area contributed by atoms with Crippen molar-refractivity contribution in [1.29, 1.82) is 0 Å². The van der Waals surface area contributed by atoms with Gasteiger partial charge in [0.25, 0.3) is 5.91 Å². The molecule has 1 saturated heterocycles. The first-order chi connectivity index (χ1) is 16.8. The number of halogens is 4. The summed E-state index contributed by atoms with van der Waals surface area (Å²) in [5.74, 6) is 0.0979. The molecule has 0 saturated carbocycles. The van der Waals surface area contributed by atoms with Gasteiger partial charge in [-0.25, -0.2) is 4.39 Å². The average molecular weight is 613 g/mol. The third kappa shape index (κ3) is 5.84.